The van der Waals surface area contributed by atoms with Crippen LogP contribution in [-0.2, 0) is 6.42 Å². The lowest BCUT2D eigenvalue weighted by atomic mass is 9.99. The molecule has 2 aromatic rings. The van der Waals surface area contributed by atoms with Gasteiger partial charge in [0.05, 0.1) is 0 Å². The van der Waals surface area contributed by atoms with Crippen LogP contribution in [-0.4, -0.2) is 6.54 Å². The average molecular weight is 265 g/mol. The third-order valence-corrected chi connectivity index (χ3v) is 4.25. The van der Waals surface area contributed by atoms with Crippen molar-refractivity contribution in [2.45, 2.75) is 39.2 Å². The Hall–Kier alpha value is -1.60. The van der Waals surface area contributed by atoms with Gasteiger partial charge in [0.15, 0.2) is 0 Å². The fourth-order valence-corrected chi connectivity index (χ4v) is 3.07. The summed E-state index contributed by atoms with van der Waals surface area (Å²) in [7, 11) is 0. The highest BCUT2D eigenvalue weighted by Crippen LogP contribution is 2.34. The number of nitrogens with one attached hydrogen (secondary N) is 1. The van der Waals surface area contributed by atoms with E-state index in [0.717, 1.165) is 6.54 Å². The Morgan fingerprint density at radius 3 is 2.55 bits per heavy atom. The summed E-state index contributed by atoms with van der Waals surface area (Å²) < 4.78 is 0. The van der Waals surface area contributed by atoms with Gasteiger partial charge in [-0.15, -0.1) is 0 Å². The highest BCUT2D eigenvalue weighted by Gasteiger charge is 2.21. The maximum atomic E-state index is 3.65. The van der Waals surface area contributed by atoms with E-state index in [1.54, 1.807) is 0 Å². The molecule has 1 atom stereocenters. The molecule has 1 heteroatoms. The Morgan fingerprint density at radius 1 is 1.05 bits per heavy atom. The van der Waals surface area contributed by atoms with Crippen molar-refractivity contribution in [3.8, 4) is 11.1 Å². The normalized spacial score (nSPS) is 17.2. The maximum absolute atomic E-state index is 3.65. The Morgan fingerprint density at radius 2 is 1.80 bits per heavy atom. The summed E-state index contributed by atoms with van der Waals surface area (Å²) >= 11 is 0. The zero-order valence-electron chi connectivity index (χ0n) is 12.4. The van der Waals surface area contributed by atoms with Gasteiger partial charge in [0, 0.05) is 6.04 Å². The van der Waals surface area contributed by atoms with Crippen molar-refractivity contribution in [2.75, 3.05) is 6.54 Å². The molecule has 1 aliphatic rings. The van der Waals surface area contributed by atoms with E-state index in [0.29, 0.717) is 6.04 Å². The molecule has 0 saturated heterocycles. The second kappa shape index (κ2) is 5.80. The van der Waals surface area contributed by atoms with Crippen LogP contribution in [0.15, 0.2) is 42.5 Å². The number of benzene rings is 2. The van der Waals surface area contributed by atoms with Crippen LogP contribution >= 0.6 is 0 Å². The number of hydrogen-bond acceptors (Lipinski definition) is 1. The lowest BCUT2D eigenvalue weighted by molar-refractivity contribution is 0.529. The molecule has 1 unspecified atom stereocenters. The SMILES string of the molecule is CCCNC1CCc2cc(-c3ccc(C)cc3)ccc21. The molecule has 0 spiro atoms. The summed E-state index contributed by atoms with van der Waals surface area (Å²) in [5.74, 6) is 0. The van der Waals surface area contributed by atoms with Crippen molar-refractivity contribution < 1.29 is 0 Å². The predicted molar refractivity (Wildman–Crippen MR) is 86.0 cm³/mol. The molecule has 1 nitrogen and oxygen atoms in total. The Bertz CT molecular complexity index is 583. The number of hydrogen-bond donors (Lipinski definition) is 1. The van der Waals surface area contributed by atoms with E-state index in [-0.39, 0.29) is 0 Å². The highest BCUT2D eigenvalue weighted by atomic mass is 14.9. The molecule has 0 aromatic heterocycles. The Kier molecular flexibility index (Phi) is 3.88. The minimum absolute atomic E-state index is 0.567. The van der Waals surface area contributed by atoms with Gasteiger partial charge in [-0.05, 0) is 55.0 Å². The Labute approximate surface area is 122 Å². The van der Waals surface area contributed by atoms with Gasteiger partial charge in [-0.1, -0.05) is 55.0 Å². The quantitative estimate of drug-likeness (QED) is 0.848. The molecular weight excluding hydrogens is 242 g/mol. The molecule has 0 fully saturated rings. The summed E-state index contributed by atoms with van der Waals surface area (Å²) in [6.45, 7) is 5.48. The zero-order valence-corrected chi connectivity index (χ0v) is 12.4. The van der Waals surface area contributed by atoms with Crippen molar-refractivity contribution in [3.05, 3.63) is 59.2 Å². The van der Waals surface area contributed by atoms with Gasteiger partial charge >= 0.3 is 0 Å². The molecule has 0 radical (unpaired) electrons. The smallest absolute Gasteiger partial charge is 0.0326 e. The molecule has 0 amide bonds. The molecule has 20 heavy (non-hydrogen) atoms. The van der Waals surface area contributed by atoms with Crippen LogP contribution in [0.5, 0.6) is 0 Å². The average Bonchev–Trinajstić information content (AvgIpc) is 2.88. The molecule has 1 aliphatic carbocycles. The minimum Gasteiger partial charge on any atom is -0.310 e. The van der Waals surface area contributed by atoms with Crippen LogP contribution in [0.1, 0.15) is 42.5 Å². The summed E-state index contributed by atoms with van der Waals surface area (Å²) in [5.41, 5.74) is 7.02. The molecule has 0 aliphatic heterocycles. The molecule has 3 rings (SSSR count). The Balaban J connectivity index is 1.85. The summed E-state index contributed by atoms with van der Waals surface area (Å²) in [4.78, 5) is 0. The second-order valence-corrected chi connectivity index (χ2v) is 5.83. The lowest BCUT2D eigenvalue weighted by Crippen LogP contribution is -2.19. The van der Waals surface area contributed by atoms with Crippen molar-refractivity contribution in [1.82, 2.24) is 5.32 Å². The van der Waals surface area contributed by atoms with Crippen LogP contribution < -0.4 is 5.32 Å². The van der Waals surface area contributed by atoms with Crippen LogP contribution in [0.3, 0.4) is 0 Å². The summed E-state index contributed by atoms with van der Waals surface area (Å²) in [5, 5.41) is 3.65. The van der Waals surface area contributed by atoms with E-state index in [1.165, 1.54) is 47.1 Å². The zero-order chi connectivity index (χ0) is 13.9. The number of aryl methyl sites for hydroxylation is 2. The van der Waals surface area contributed by atoms with Gasteiger partial charge in [-0.25, -0.2) is 0 Å². The standard InChI is InChI=1S/C19H23N/c1-3-12-20-19-11-9-17-13-16(8-10-18(17)19)15-6-4-14(2)5-7-15/h4-8,10,13,19-20H,3,9,11-12H2,1-2H3. The summed E-state index contributed by atoms with van der Waals surface area (Å²) in [6.07, 6.45) is 3.65. The second-order valence-electron chi connectivity index (χ2n) is 5.83. The molecule has 0 saturated carbocycles. The third-order valence-electron chi connectivity index (χ3n) is 4.25. The van der Waals surface area contributed by atoms with E-state index in [1.807, 2.05) is 0 Å². The number of fused-ring (bicyclic) bond motifs is 1. The fraction of sp³-hybridized carbons (Fsp3) is 0.368. The van der Waals surface area contributed by atoms with Crippen molar-refractivity contribution in [3.63, 3.8) is 0 Å². The largest absolute Gasteiger partial charge is 0.310 e. The van der Waals surface area contributed by atoms with E-state index in [4.69, 9.17) is 0 Å². The van der Waals surface area contributed by atoms with Gasteiger partial charge in [-0.2, -0.15) is 0 Å². The first kappa shape index (κ1) is 13.4. The van der Waals surface area contributed by atoms with Crippen LogP contribution in [0.2, 0.25) is 0 Å². The molecule has 104 valence electrons. The summed E-state index contributed by atoms with van der Waals surface area (Å²) in [6, 6.07) is 16.4. The van der Waals surface area contributed by atoms with Gasteiger partial charge in [-0.3, -0.25) is 0 Å². The molecular formula is C19H23N. The van der Waals surface area contributed by atoms with Gasteiger partial charge in [0.1, 0.15) is 0 Å². The van der Waals surface area contributed by atoms with Gasteiger partial charge in [0.25, 0.3) is 0 Å². The first-order valence-electron chi connectivity index (χ1n) is 7.71. The van der Waals surface area contributed by atoms with E-state index in [2.05, 4.69) is 61.6 Å². The van der Waals surface area contributed by atoms with Gasteiger partial charge < -0.3 is 5.32 Å². The van der Waals surface area contributed by atoms with Crippen molar-refractivity contribution in [1.29, 1.82) is 0 Å². The number of rotatable bonds is 4. The first-order chi connectivity index (χ1) is 9.78. The molecule has 2 aromatic carbocycles. The minimum atomic E-state index is 0.567. The van der Waals surface area contributed by atoms with Crippen LogP contribution in [0.25, 0.3) is 11.1 Å². The molecule has 0 bridgehead atoms. The molecule has 0 heterocycles. The first-order valence-corrected chi connectivity index (χ1v) is 7.71. The molecule has 1 N–H and O–H groups in total. The van der Waals surface area contributed by atoms with Crippen LogP contribution in [0, 0.1) is 6.92 Å². The van der Waals surface area contributed by atoms with Crippen molar-refractivity contribution >= 4 is 0 Å². The maximum Gasteiger partial charge on any atom is 0.0326 e. The third kappa shape index (κ3) is 2.64. The van der Waals surface area contributed by atoms with E-state index >= 15 is 0 Å². The predicted octanol–water partition coefficient (Wildman–Crippen LogP) is 4.65. The van der Waals surface area contributed by atoms with E-state index < -0.39 is 0 Å². The topological polar surface area (TPSA) is 12.0 Å². The van der Waals surface area contributed by atoms with Gasteiger partial charge in [0.2, 0.25) is 0 Å². The van der Waals surface area contributed by atoms with E-state index in [9.17, 15) is 0 Å². The van der Waals surface area contributed by atoms with Crippen LogP contribution in [0.4, 0.5) is 0 Å². The van der Waals surface area contributed by atoms with Crippen molar-refractivity contribution in [2.24, 2.45) is 0 Å². The highest BCUT2D eigenvalue weighted by molar-refractivity contribution is 5.65. The lowest BCUT2D eigenvalue weighted by Gasteiger charge is -2.13. The monoisotopic (exact) mass is 265 g/mol. The fourth-order valence-electron chi connectivity index (χ4n) is 3.07.